The van der Waals surface area contributed by atoms with Crippen LogP contribution in [-0.4, -0.2) is 43.6 Å². The lowest BCUT2D eigenvalue weighted by Gasteiger charge is -2.23. The van der Waals surface area contributed by atoms with Crippen molar-refractivity contribution in [3.63, 3.8) is 0 Å². The maximum atomic E-state index is 11.9. The van der Waals surface area contributed by atoms with Gasteiger partial charge in [0.1, 0.15) is 5.75 Å². The minimum Gasteiger partial charge on any atom is -0.484 e. The maximum Gasteiger partial charge on any atom is 0.260 e. The van der Waals surface area contributed by atoms with Crippen molar-refractivity contribution in [2.75, 3.05) is 26.7 Å². The fourth-order valence-corrected chi connectivity index (χ4v) is 2.06. The molecule has 0 aromatic heterocycles. The second-order valence-corrected chi connectivity index (χ2v) is 4.75. The topological polar surface area (TPSA) is 41.6 Å². The average molecular weight is 285 g/mol. The number of nitrogens with one attached hydrogen (secondary N) is 1. The Kier molecular flexibility index (Phi) is 6.12. The van der Waals surface area contributed by atoms with E-state index < -0.39 is 0 Å². The monoisotopic (exact) mass is 284 g/mol. The Balaban J connectivity index is 0.00000180. The van der Waals surface area contributed by atoms with Gasteiger partial charge >= 0.3 is 0 Å². The number of benzene rings is 1. The van der Waals surface area contributed by atoms with Gasteiger partial charge in [-0.3, -0.25) is 4.79 Å². The summed E-state index contributed by atoms with van der Waals surface area (Å²) in [6, 6.07) is 8.04. The van der Waals surface area contributed by atoms with Crippen molar-refractivity contribution in [2.45, 2.75) is 19.4 Å². The van der Waals surface area contributed by atoms with Crippen LogP contribution >= 0.6 is 12.4 Å². The van der Waals surface area contributed by atoms with Gasteiger partial charge in [-0.25, -0.2) is 0 Å². The normalized spacial score (nSPS) is 17.7. The van der Waals surface area contributed by atoms with Crippen LogP contribution in [-0.2, 0) is 4.79 Å². The van der Waals surface area contributed by atoms with Gasteiger partial charge in [0.05, 0.1) is 0 Å². The molecule has 1 aromatic rings. The van der Waals surface area contributed by atoms with E-state index in [1.54, 1.807) is 4.90 Å². The second-order valence-electron chi connectivity index (χ2n) is 4.75. The third-order valence-corrected chi connectivity index (χ3v) is 3.36. The Morgan fingerprint density at radius 2 is 2.11 bits per heavy atom. The summed E-state index contributed by atoms with van der Waals surface area (Å²) < 4.78 is 5.49. The summed E-state index contributed by atoms with van der Waals surface area (Å²) in [6.45, 7) is 4.00. The van der Waals surface area contributed by atoms with Gasteiger partial charge in [0.2, 0.25) is 0 Å². The number of amides is 1. The lowest BCUT2D eigenvalue weighted by Crippen LogP contribution is -2.40. The van der Waals surface area contributed by atoms with Crippen LogP contribution in [0.3, 0.4) is 0 Å². The molecule has 1 amide bonds. The summed E-state index contributed by atoms with van der Waals surface area (Å²) in [5.74, 6) is 0.774. The summed E-state index contributed by atoms with van der Waals surface area (Å²) in [7, 11) is 1.85. The first-order chi connectivity index (χ1) is 8.66. The summed E-state index contributed by atoms with van der Waals surface area (Å²) in [5, 5.41) is 3.25. The number of rotatable bonds is 4. The second kappa shape index (κ2) is 7.36. The molecule has 106 valence electrons. The van der Waals surface area contributed by atoms with Gasteiger partial charge in [-0.2, -0.15) is 0 Å². The lowest BCUT2D eigenvalue weighted by atomic mass is 10.2. The van der Waals surface area contributed by atoms with Crippen LogP contribution in [0.1, 0.15) is 12.0 Å². The smallest absolute Gasteiger partial charge is 0.260 e. The molecule has 1 unspecified atom stereocenters. The highest BCUT2D eigenvalue weighted by atomic mass is 35.5. The van der Waals surface area contributed by atoms with Gasteiger partial charge in [0.15, 0.2) is 6.61 Å². The molecule has 0 saturated carbocycles. The van der Waals surface area contributed by atoms with Crippen molar-refractivity contribution in [1.82, 2.24) is 10.2 Å². The Bertz CT molecular complexity index is 402. The fraction of sp³-hybridized carbons (Fsp3) is 0.500. The third kappa shape index (κ3) is 4.40. The van der Waals surface area contributed by atoms with Crippen LogP contribution in [0.5, 0.6) is 5.75 Å². The predicted octanol–water partition coefficient (Wildman–Crippen LogP) is 1.62. The van der Waals surface area contributed by atoms with Crippen molar-refractivity contribution in [1.29, 1.82) is 0 Å². The number of halogens is 1. The van der Waals surface area contributed by atoms with E-state index in [2.05, 4.69) is 5.32 Å². The van der Waals surface area contributed by atoms with Crippen LogP contribution in [0.15, 0.2) is 24.3 Å². The van der Waals surface area contributed by atoms with Gasteiger partial charge in [-0.1, -0.05) is 17.7 Å². The highest BCUT2D eigenvalue weighted by molar-refractivity contribution is 5.85. The van der Waals surface area contributed by atoms with E-state index in [9.17, 15) is 4.79 Å². The van der Waals surface area contributed by atoms with Crippen molar-refractivity contribution < 1.29 is 9.53 Å². The lowest BCUT2D eigenvalue weighted by molar-refractivity contribution is -0.133. The quantitative estimate of drug-likeness (QED) is 0.913. The number of hydrogen-bond acceptors (Lipinski definition) is 3. The van der Waals surface area contributed by atoms with Crippen LogP contribution in [0, 0.1) is 6.92 Å². The molecule has 1 aliphatic rings. The fourth-order valence-electron chi connectivity index (χ4n) is 2.06. The maximum absolute atomic E-state index is 11.9. The Morgan fingerprint density at radius 1 is 1.42 bits per heavy atom. The first kappa shape index (κ1) is 15.8. The number of hydrogen-bond donors (Lipinski definition) is 1. The summed E-state index contributed by atoms with van der Waals surface area (Å²) in [4.78, 5) is 13.7. The van der Waals surface area contributed by atoms with Crippen LogP contribution in [0.2, 0.25) is 0 Å². The highest BCUT2D eigenvalue weighted by Crippen LogP contribution is 2.12. The summed E-state index contributed by atoms with van der Waals surface area (Å²) >= 11 is 0. The van der Waals surface area contributed by atoms with Crippen molar-refractivity contribution >= 4 is 18.3 Å². The third-order valence-electron chi connectivity index (χ3n) is 3.36. The molecule has 1 aliphatic heterocycles. The molecule has 1 fully saturated rings. The van der Waals surface area contributed by atoms with E-state index in [1.807, 2.05) is 38.2 Å². The molecule has 0 bridgehead atoms. The van der Waals surface area contributed by atoms with Crippen molar-refractivity contribution in [3.8, 4) is 5.75 Å². The van der Waals surface area contributed by atoms with Crippen molar-refractivity contribution in [2.24, 2.45) is 0 Å². The minimum absolute atomic E-state index is 0. The molecular weight excluding hydrogens is 264 g/mol. The molecule has 0 radical (unpaired) electrons. The van der Waals surface area contributed by atoms with E-state index in [0.29, 0.717) is 6.04 Å². The van der Waals surface area contributed by atoms with Gasteiger partial charge in [0.25, 0.3) is 5.91 Å². The minimum atomic E-state index is 0. The Hall–Kier alpha value is -1.26. The first-order valence-electron chi connectivity index (χ1n) is 6.32. The molecule has 4 nitrogen and oxygen atoms in total. The van der Waals surface area contributed by atoms with Crippen LogP contribution in [0.4, 0.5) is 0 Å². The zero-order valence-corrected chi connectivity index (χ0v) is 12.2. The molecule has 1 N–H and O–H groups in total. The van der Waals surface area contributed by atoms with E-state index in [4.69, 9.17) is 4.74 Å². The number of likely N-dealkylation sites (N-methyl/N-ethyl adjacent to an activating group) is 1. The molecule has 0 spiro atoms. The van der Waals surface area contributed by atoms with E-state index in [-0.39, 0.29) is 24.9 Å². The molecule has 1 atom stereocenters. The molecule has 1 saturated heterocycles. The summed E-state index contributed by atoms with van der Waals surface area (Å²) in [5.41, 5.74) is 1.18. The number of aryl methyl sites for hydroxylation is 1. The van der Waals surface area contributed by atoms with E-state index in [0.717, 1.165) is 25.3 Å². The first-order valence-corrected chi connectivity index (χ1v) is 6.32. The molecule has 0 aliphatic carbocycles. The average Bonchev–Trinajstić information content (AvgIpc) is 2.90. The van der Waals surface area contributed by atoms with Gasteiger partial charge in [-0.15, -0.1) is 12.4 Å². The molecule has 2 rings (SSSR count). The molecular formula is C14H21ClN2O2. The Morgan fingerprint density at radius 3 is 2.68 bits per heavy atom. The molecule has 19 heavy (non-hydrogen) atoms. The van der Waals surface area contributed by atoms with Gasteiger partial charge in [-0.05, 0) is 32.0 Å². The van der Waals surface area contributed by atoms with Gasteiger partial charge in [0, 0.05) is 19.6 Å². The standard InChI is InChI=1S/C14H20N2O2.ClH/c1-11-3-5-13(6-4-11)18-10-14(17)16(2)12-7-8-15-9-12;/h3-6,12,15H,7-10H2,1-2H3;1H. The zero-order valence-electron chi connectivity index (χ0n) is 11.4. The summed E-state index contributed by atoms with van der Waals surface area (Å²) in [6.07, 6.45) is 1.02. The number of carbonyl (C=O) groups excluding carboxylic acids is 1. The van der Waals surface area contributed by atoms with Gasteiger partial charge < -0.3 is 15.0 Å². The van der Waals surface area contributed by atoms with E-state index in [1.165, 1.54) is 5.56 Å². The predicted molar refractivity (Wildman–Crippen MR) is 78.0 cm³/mol. The number of carbonyl (C=O) groups is 1. The molecule has 5 heteroatoms. The number of ether oxygens (including phenoxy) is 1. The van der Waals surface area contributed by atoms with Crippen LogP contribution < -0.4 is 10.1 Å². The SMILES string of the molecule is Cc1ccc(OCC(=O)N(C)C2CCNC2)cc1.Cl. The molecule has 1 aromatic carbocycles. The van der Waals surface area contributed by atoms with Crippen molar-refractivity contribution in [3.05, 3.63) is 29.8 Å². The largest absolute Gasteiger partial charge is 0.484 e. The Labute approximate surface area is 120 Å². The highest BCUT2D eigenvalue weighted by Gasteiger charge is 2.23. The number of nitrogens with zero attached hydrogens (tertiary/aromatic N) is 1. The van der Waals surface area contributed by atoms with Crippen LogP contribution in [0.25, 0.3) is 0 Å². The molecule has 1 heterocycles. The zero-order chi connectivity index (χ0) is 13.0. The van der Waals surface area contributed by atoms with E-state index >= 15 is 0 Å².